The fraction of sp³-hybridized carbons (Fsp3) is 1.00. The summed E-state index contributed by atoms with van der Waals surface area (Å²) in [6.07, 6.45) is 0.598. The number of rotatable bonds is 10. The molecule has 0 aromatic heterocycles. The molecule has 1 atom stereocenters. The second kappa shape index (κ2) is 10.4. The average molecular weight is 219 g/mol. The van der Waals surface area contributed by atoms with Gasteiger partial charge >= 0.3 is 0 Å². The molecule has 0 rings (SSSR count). The monoisotopic (exact) mass is 219 g/mol. The fourth-order valence-corrected chi connectivity index (χ4v) is 1.28. The first-order valence-electron chi connectivity index (χ1n) is 5.62. The minimum Gasteiger partial charge on any atom is -0.392 e. The van der Waals surface area contributed by atoms with Crippen LogP contribution in [0.5, 0.6) is 0 Å². The maximum absolute atomic E-state index is 9.54. The Kier molecular flexibility index (Phi) is 10.3. The lowest BCUT2D eigenvalue weighted by molar-refractivity contribution is 0.0698. The molecule has 92 valence electrons. The second-order valence-electron chi connectivity index (χ2n) is 4.09. The lowest BCUT2D eigenvalue weighted by Crippen LogP contribution is -2.30. The van der Waals surface area contributed by atoms with Crippen LogP contribution in [0.15, 0.2) is 0 Å². The third-order valence-corrected chi connectivity index (χ3v) is 1.98. The van der Waals surface area contributed by atoms with Gasteiger partial charge < -0.3 is 19.9 Å². The third-order valence-electron chi connectivity index (χ3n) is 1.98. The molecular weight excluding hydrogens is 194 g/mol. The van der Waals surface area contributed by atoms with Gasteiger partial charge in [0.05, 0.1) is 25.9 Å². The van der Waals surface area contributed by atoms with Gasteiger partial charge in [0.1, 0.15) is 0 Å². The SMILES string of the molecule is COCCOCCNCC(O)CC(C)C. The van der Waals surface area contributed by atoms with Crippen LogP contribution in [0, 0.1) is 5.92 Å². The van der Waals surface area contributed by atoms with Crippen molar-refractivity contribution in [2.45, 2.75) is 26.4 Å². The highest BCUT2D eigenvalue weighted by Crippen LogP contribution is 2.02. The van der Waals surface area contributed by atoms with Crippen molar-refractivity contribution >= 4 is 0 Å². The molecule has 4 nitrogen and oxygen atoms in total. The van der Waals surface area contributed by atoms with E-state index < -0.39 is 0 Å². The average Bonchev–Trinajstić information content (AvgIpc) is 2.15. The summed E-state index contributed by atoms with van der Waals surface area (Å²) in [6, 6.07) is 0. The molecule has 1 unspecified atom stereocenters. The van der Waals surface area contributed by atoms with Crippen LogP contribution in [0.2, 0.25) is 0 Å². The molecule has 0 saturated heterocycles. The number of aliphatic hydroxyl groups is 1. The second-order valence-corrected chi connectivity index (χ2v) is 4.09. The molecule has 0 aliphatic heterocycles. The van der Waals surface area contributed by atoms with E-state index in [1.165, 1.54) is 0 Å². The van der Waals surface area contributed by atoms with Crippen molar-refractivity contribution in [1.29, 1.82) is 0 Å². The number of hydrogen-bond donors (Lipinski definition) is 2. The molecule has 0 heterocycles. The normalized spacial score (nSPS) is 13.4. The molecule has 2 N–H and O–H groups in total. The molecule has 0 saturated carbocycles. The molecule has 15 heavy (non-hydrogen) atoms. The van der Waals surface area contributed by atoms with Gasteiger partial charge in [-0.1, -0.05) is 13.8 Å². The Bertz CT molecular complexity index is 131. The Hall–Kier alpha value is -0.160. The fourth-order valence-electron chi connectivity index (χ4n) is 1.28. The van der Waals surface area contributed by atoms with Gasteiger partial charge in [-0.05, 0) is 12.3 Å². The summed E-state index contributed by atoms with van der Waals surface area (Å²) in [7, 11) is 1.66. The topological polar surface area (TPSA) is 50.7 Å². The maximum atomic E-state index is 9.54. The third kappa shape index (κ3) is 11.8. The van der Waals surface area contributed by atoms with Crippen molar-refractivity contribution in [2.75, 3.05) is 40.0 Å². The van der Waals surface area contributed by atoms with E-state index in [9.17, 15) is 5.11 Å². The summed E-state index contributed by atoms with van der Waals surface area (Å²) < 4.78 is 10.1. The van der Waals surface area contributed by atoms with Crippen LogP contribution in [-0.2, 0) is 9.47 Å². The van der Waals surface area contributed by atoms with E-state index in [1.807, 2.05) is 0 Å². The first-order valence-corrected chi connectivity index (χ1v) is 5.62. The van der Waals surface area contributed by atoms with Gasteiger partial charge in [0.2, 0.25) is 0 Å². The van der Waals surface area contributed by atoms with Gasteiger partial charge in [-0.3, -0.25) is 0 Å². The Balaban J connectivity index is 3.09. The summed E-state index contributed by atoms with van der Waals surface area (Å²) in [5, 5.41) is 12.7. The smallest absolute Gasteiger partial charge is 0.0700 e. The lowest BCUT2D eigenvalue weighted by Gasteiger charge is -2.13. The van der Waals surface area contributed by atoms with Crippen molar-refractivity contribution in [3.63, 3.8) is 0 Å². The predicted octanol–water partition coefficient (Wildman–Crippen LogP) is 0.646. The van der Waals surface area contributed by atoms with Crippen molar-refractivity contribution < 1.29 is 14.6 Å². The van der Waals surface area contributed by atoms with E-state index >= 15 is 0 Å². The first-order chi connectivity index (χ1) is 7.16. The molecule has 0 fully saturated rings. The molecule has 0 bridgehead atoms. The molecule has 0 aliphatic carbocycles. The zero-order valence-corrected chi connectivity index (χ0v) is 10.2. The molecule has 4 heteroatoms. The van der Waals surface area contributed by atoms with Gasteiger partial charge in [0, 0.05) is 20.2 Å². The highest BCUT2D eigenvalue weighted by Gasteiger charge is 2.05. The Morgan fingerprint density at radius 1 is 1.20 bits per heavy atom. The highest BCUT2D eigenvalue weighted by atomic mass is 16.5. The maximum Gasteiger partial charge on any atom is 0.0700 e. The van der Waals surface area contributed by atoms with Gasteiger partial charge in [-0.15, -0.1) is 0 Å². The van der Waals surface area contributed by atoms with Crippen LogP contribution in [0.25, 0.3) is 0 Å². The molecule has 0 spiro atoms. The van der Waals surface area contributed by atoms with E-state index in [-0.39, 0.29) is 6.10 Å². The van der Waals surface area contributed by atoms with Crippen LogP contribution in [0.3, 0.4) is 0 Å². The van der Waals surface area contributed by atoms with Crippen LogP contribution in [0.1, 0.15) is 20.3 Å². The largest absolute Gasteiger partial charge is 0.392 e. The van der Waals surface area contributed by atoms with Crippen molar-refractivity contribution in [1.82, 2.24) is 5.32 Å². The summed E-state index contributed by atoms with van der Waals surface area (Å²) in [5.41, 5.74) is 0. The predicted molar refractivity (Wildman–Crippen MR) is 61.0 cm³/mol. The zero-order valence-electron chi connectivity index (χ0n) is 10.2. The first kappa shape index (κ1) is 14.8. The van der Waals surface area contributed by atoms with E-state index in [0.717, 1.165) is 13.0 Å². The van der Waals surface area contributed by atoms with E-state index in [1.54, 1.807) is 7.11 Å². The molecular formula is C11H25NO3. The van der Waals surface area contributed by atoms with Gasteiger partial charge in [0.25, 0.3) is 0 Å². The van der Waals surface area contributed by atoms with Crippen molar-refractivity contribution in [3.8, 4) is 0 Å². The van der Waals surface area contributed by atoms with E-state index in [4.69, 9.17) is 9.47 Å². The standard InChI is InChI=1S/C11H25NO3/c1-10(2)8-11(13)9-12-4-5-15-7-6-14-3/h10-13H,4-9H2,1-3H3. The van der Waals surface area contributed by atoms with Gasteiger partial charge in [0.15, 0.2) is 0 Å². The summed E-state index contributed by atoms with van der Waals surface area (Å²) >= 11 is 0. The van der Waals surface area contributed by atoms with Crippen LogP contribution < -0.4 is 5.32 Å². The molecule has 0 aromatic rings. The number of aliphatic hydroxyl groups excluding tert-OH is 1. The number of hydrogen-bond acceptors (Lipinski definition) is 4. The number of nitrogens with one attached hydrogen (secondary N) is 1. The summed E-state index contributed by atoms with van der Waals surface area (Å²) in [4.78, 5) is 0. The molecule has 0 radical (unpaired) electrons. The molecule has 0 aromatic carbocycles. The van der Waals surface area contributed by atoms with Crippen LogP contribution >= 0.6 is 0 Å². The van der Waals surface area contributed by atoms with Crippen molar-refractivity contribution in [2.24, 2.45) is 5.92 Å². The zero-order chi connectivity index (χ0) is 11.5. The molecule has 0 aliphatic rings. The van der Waals surface area contributed by atoms with Crippen LogP contribution in [0.4, 0.5) is 0 Å². The molecule has 0 amide bonds. The van der Waals surface area contributed by atoms with E-state index in [2.05, 4.69) is 19.2 Å². The lowest BCUT2D eigenvalue weighted by atomic mass is 10.1. The highest BCUT2D eigenvalue weighted by molar-refractivity contribution is 4.61. The Morgan fingerprint density at radius 2 is 1.93 bits per heavy atom. The van der Waals surface area contributed by atoms with Crippen molar-refractivity contribution in [3.05, 3.63) is 0 Å². The minimum absolute atomic E-state index is 0.246. The quantitative estimate of drug-likeness (QED) is 0.530. The van der Waals surface area contributed by atoms with E-state index in [0.29, 0.717) is 32.3 Å². The number of methoxy groups -OCH3 is 1. The Morgan fingerprint density at radius 3 is 2.53 bits per heavy atom. The minimum atomic E-state index is -0.246. The Labute approximate surface area is 93.0 Å². The number of ether oxygens (including phenoxy) is 2. The summed E-state index contributed by atoms with van der Waals surface area (Å²) in [5.74, 6) is 0.541. The van der Waals surface area contributed by atoms with Gasteiger partial charge in [-0.25, -0.2) is 0 Å². The van der Waals surface area contributed by atoms with Crippen LogP contribution in [-0.4, -0.2) is 51.2 Å². The summed E-state index contributed by atoms with van der Waals surface area (Å²) in [6.45, 7) is 7.57. The van der Waals surface area contributed by atoms with Gasteiger partial charge in [-0.2, -0.15) is 0 Å².